The number of rotatable bonds is 7. The van der Waals surface area contributed by atoms with E-state index in [-0.39, 0.29) is 0 Å². The lowest BCUT2D eigenvalue weighted by atomic mass is 10.4. The van der Waals surface area contributed by atoms with Crippen LogP contribution in [0.1, 0.15) is 32.4 Å². The van der Waals surface area contributed by atoms with Crippen molar-refractivity contribution in [3.8, 4) is 0 Å². The van der Waals surface area contributed by atoms with Crippen LogP contribution in [-0.2, 0) is 6.54 Å². The van der Waals surface area contributed by atoms with Crippen LogP contribution in [0.25, 0.3) is 0 Å². The zero-order chi connectivity index (χ0) is 11.1. The molecular formula is C11H21N3S. The van der Waals surface area contributed by atoms with Gasteiger partial charge in [-0.2, -0.15) is 0 Å². The lowest BCUT2D eigenvalue weighted by Crippen LogP contribution is -2.18. The quantitative estimate of drug-likeness (QED) is 0.725. The molecule has 3 nitrogen and oxygen atoms in total. The molecule has 0 saturated carbocycles. The van der Waals surface area contributed by atoms with Crippen molar-refractivity contribution < 1.29 is 0 Å². The van der Waals surface area contributed by atoms with Gasteiger partial charge in [-0.25, -0.2) is 4.98 Å². The van der Waals surface area contributed by atoms with Crippen molar-refractivity contribution in [2.45, 2.75) is 33.2 Å². The molecule has 0 aromatic carbocycles. The summed E-state index contributed by atoms with van der Waals surface area (Å²) in [6.45, 7) is 7.40. The summed E-state index contributed by atoms with van der Waals surface area (Å²) in [4.78, 5) is 6.80. The molecule has 0 spiro atoms. The molecular weight excluding hydrogens is 206 g/mol. The van der Waals surface area contributed by atoms with Gasteiger partial charge in [0, 0.05) is 25.5 Å². The van der Waals surface area contributed by atoms with Gasteiger partial charge in [0.05, 0.1) is 5.69 Å². The van der Waals surface area contributed by atoms with Crippen LogP contribution in [-0.4, -0.2) is 25.1 Å². The summed E-state index contributed by atoms with van der Waals surface area (Å²) in [5, 5.41) is 6.63. The molecule has 0 aliphatic rings. The molecule has 0 amide bonds. The third-order valence-electron chi connectivity index (χ3n) is 2.16. The zero-order valence-electron chi connectivity index (χ0n) is 9.92. The zero-order valence-corrected chi connectivity index (χ0v) is 10.7. The van der Waals surface area contributed by atoms with Crippen LogP contribution in [0.5, 0.6) is 0 Å². The molecule has 1 heterocycles. The van der Waals surface area contributed by atoms with Gasteiger partial charge in [-0.15, -0.1) is 11.3 Å². The molecule has 0 unspecified atom stereocenters. The van der Waals surface area contributed by atoms with Crippen LogP contribution in [0.3, 0.4) is 0 Å². The number of thiazole rings is 1. The summed E-state index contributed by atoms with van der Waals surface area (Å²) in [7, 11) is 2.10. The molecule has 0 bridgehead atoms. The first-order valence-electron chi connectivity index (χ1n) is 5.64. The van der Waals surface area contributed by atoms with Crippen molar-refractivity contribution in [2.24, 2.45) is 0 Å². The average Bonchev–Trinajstić information content (AvgIpc) is 2.67. The Kier molecular flexibility index (Phi) is 5.65. The topological polar surface area (TPSA) is 28.2 Å². The van der Waals surface area contributed by atoms with E-state index in [1.54, 1.807) is 11.3 Å². The molecule has 1 aromatic rings. The van der Waals surface area contributed by atoms with E-state index in [1.807, 2.05) is 0 Å². The number of hydrogen-bond donors (Lipinski definition) is 1. The Balaban J connectivity index is 2.41. The highest BCUT2D eigenvalue weighted by molar-refractivity contribution is 7.13. The van der Waals surface area contributed by atoms with Crippen molar-refractivity contribution in [2.75, 3.05) is 25.0 Å². The van der Waals surface area contributed by atoms with E-state index < -0.39 is 0 Å². The van der Waals surface area contributed by atoms with Crippen LogP contribution in [0, 0.1) is 0 Å². The Bertz CT molecular complexity index is 273. The Labute approximate surface area is 96.5 Å². The fraction of sp³-hybridized carbons (Fsp3) is 0.727. The standard InChI is InChI=1S/C11H21N3S/c1-4-6-12-8-10-9-15-11(13-10)14(3)7-5-2/h9,12H,4-8H2,1-3H3. The van der Waals surface area contributed by atoms with Crippen LogP contribution in [0.4, 0.5) is 5.13 Å². The lowest BCUT2D eigenvalue weighted by molar-refractivity contribution is 0.666. The summed E-state index contributed by atoms with van der Waals surface area (Å²) in [5.41, 5.74) is 1.16. The minimum atomic E-state index is 0.893. The van der Waals surface area contributed by atoms with Crippen LogP contribution in [0.2, 0.25) is 0 Å². The van der Waals surface area contributed by atoms with Gasteiger partial charge in [0.25, 0.3) is 0 Å². The highest BCUT2D eigenvalue weighted by Crippen LogP contribution is 2.19. The molecule has 0 radical (unpaired) electrons. The second-order valence-corrected chi connectivity index (χ2v) is 4.56. The van der Waals surface area contributed by atoms with Gasteiger partial charge in [-0.3, -0.25) is 0 Å². The van der Waals surface area contributed by atoms with E-state index in [0.29, 0.717) is 0 Å². The van der Waals surface area contributed by atoms with Gasteiger partial charge in [-0.05, 0) is 19.4 Å². The van der Waals surface area contributed by atoms with Crippen molar-refractivity contribution in [1.29, 1.82) is 0 Å². The maximum absolute atomic E-state index is 4.58. The largest absolute Gasteiger partial charge is 0.351 e. The normalized spacial score (nSPS) is 10.6. The molecule has 0 fully saturated rings. The minimum absolute atomic E-state index is 0.893. The van der Waals surface area contributed by atoms with Gasteiger partial charge < -0.3 is 10.2 Å². The van der Waals surface area contributed by atoms with Gasteiger partial charge in [0.1, 0.15) is 0 Å². The molecule has 4 heteroatoms. The Hall–Kier alpha value is -0.610. The number of anilines is 1. The van der Waals surface area contributed by atoms with Gasteiger partial charge in [0.15, 0.2) is 5.13 Å². The number of hydrogen-bond acceptors (Lipinski definition) is 4. The fourth-order valence-corrected chi connectivity index (χ4v) is 2.20. The van der Waals surface area contributed by atoms with E-state index in [1.165, 1.54) is 12.8 Å². The first kappa shape index (κ1) is 12.5. The van der Waals surface area contributed by atoms with Gasteiger partial charge in [0.2, 0.25) is 0 Å². The molecule has 0 saturated heterocycles. The van der Waals surface area contributed by atoms with Gasteiger partial charge >= 0.3 is 0 Å². The molecule has 0 aliphatic carbocycles. The summed E-state index contributed by atoms with van der Waals surface area (Å²) < 4.78 is 0. The SMILES string of the molecule is CCCNCc1csc(N(C)CCC)n1. The highest BCUT2D eigenvalue weighted by Gasteiger charge is 2.05. The Morgan fingerprint density at radius 1 is 1.40 bits per heavy atom. The summed E-state index contributed by atoms with van der Waals surface area (Å²) in [6.07, 6.45) is 2.34. The van der Waals surface area contributed by atoms with Crippen LogP contribution >= 0.6 is 11.3 Å². The first-order chi connectivity index (χ1) is 7.27. The number of nitrogens with one attached hydrogen (secondary N) is 1. The van der Waals surface area contributed by atoms with Crippen LogP contribution < -0.4 is 10.2 Å². The smallest absolute Gasteiger partial charge is 0.185 e. The summed E-state index contributed by atoms with van der Waals surface area (Å²) in [5.74, 6) is 0. The first-order valence-corrected chi connectivity index (χ1v) is 6.52. The maximum Gasteiger partial charge on any atom is 0.185 e. The monoisotopic (exact) mass is 227 g/mol. The van der Waals surface area contributed by atoms with Crippen molar-refractivity contribution in [1.82, 2.24) is 10.3 Å². The summed E-state index contributed by atoms with van der Waals surface area (Å²) >= 11 is 1.73. The van der Waals surface area contributed by atoms with E-state index in [2.05, 4.69) is 41.5 Å². The van der Waals surface area contributed by atoms with E-state index >= 15 is 0 Å². The third kappa shape index (κ3) is 4.18. The second kappa shape index (κ2) is 6.80. The molecule has 15 heavy (non-hydrogen) atoms. The summed E-state index contributed by atoms with van der Waals surface area (Å²) in [6, 6.07) is 0. The van der Waals surface area contributed by atoms with E-state index in [0.717, 1.165) is 30.5 Å². The molecule has 0 aliphatic heterocycles. The number of aromatic nitrogens is 1. The highest BCUT2D eigenvalue weighted by atomic mass is 32.1. The second-order valence-electron chi connectivity index (χ2n) is 3.72. The third-order valence-corrected chi connectivity index (χ3v) is 3.16. The minimum Gasteiger partial charge on any atom is -0.351 e. The van der Waals surface area contributed by atoms with E-state index in [9.17, 15) is 0 Å². The molecule has 1 aromatic heterocycles. The van der Waals surface area contributed by atoms with Crippen molar-refractivity contribution in [3.05, 3.63) is 11.1 Å². The Morgan fingerprint density at radius 2 is 2.20 bits per heavy atom. The fourth-order valence-electron chi connectivity index (χ4n) is 1.38. The molecule has 1 rings (SSSR count). The number of nitrogens with zero attached hydrogens (tertiary/aromatic N) is 2. The predicted octanol–water partition coefficient (Wildman–Crippen LogP) is 2.49. The maximum atomic E-state index is 4.58. The van der Waals surface area contributed by atoms with Crippen molar-refractivity contribution >= 4 is 16.5 Å². The average molecular weight is 227 g/mol. The van der Waals surface area contributed by atoms with Crippen LogP contribution in [0.15, 0.2) is 5.38 Å². The molecule has 86 valence electrons. The predicted molar refractivity (Wildman–Crippen MR) is 67.7 cm³/mol. The van der Waals surface area contributed by atoms with Gasteiger partial charge in [-0.1, -0.05) is 13.8 Å². The molecule has 0 atom stereocenters. The van der Waals surface area contributed by atoms with Crippen molar-refractivity contribution in [3.63, 3.8) is 0 Å². The lowest BCUT2D eigenvalue weighted by Gasteiger charge is -2.13. The Morgan fingerprint density at radius 3 is 2.87 bits per heavy atom. The molecule has 1 N–H and O–H groups in total. The van der Waals surface area contributed by atoms with E-state index in [4.69, 9.17) is 0 Å².